The zero-order valence-corrected chi connectivity index (χ0v) is 11.0. The molecule has 0 amide bonds. The quantitative estimate of drug-likeness (QED) is 0.682. The molecule has 0 atom stereocenters. The van der Waals surface area contributed by atoms with Gasteiger partial charge in [-0.1, -0.05) is 0 Å². The van der Waals surface area contributed by atoms with Gasteiger partial charge in [0.15, 0.2) is 0 Å². The molecule has 0 fully saturated rings. The minimum atomic E-state index is -0.583. The third-order valence-corrected chi connectivity index (χ3v) is 0.250. The van der Waals surface area contributed by atoms with E-state index in [2.05, 4.69) is 0 Å². The van der Waals surface area contributed by atoms with Crippen LogP contribution in [0.4, 0.5) is 0 Å². The van der Waals surface area contributed by atoms with Gasteiger partial charge in [0.05, 0.1) is 13.8 Å². The van der Waals surface area contributed by atoms with E-state index in [1.54, 1.807) is 0 Å². The summed E-state index contributed by atoms with van der Waals surface area (Å²) in [5, 5.41) is 11.9. The minimum absolute atomic E-state index is 0. The first-order valence-corrected chi connectivity index (χ1v) is 4.32. The molecule has 8 N–H and O–H groups in total. The normalized spacial score (nSPS) is 6.47. The van der Waals surface area contributed by atoms with Crippen molar-refractivity contribution in [3.63, 3.8) is 0 Å². The molecule has 0 heterocycles. The fraction of sp³-hybridized carbons (Fsp3) is 0.750. The average Bonchev–Trinajstić information content (AvgIpc) is 2.16. The molecule has 9 heteroatoms. The number of nitrogens with one attached hydrogen (secondary N) is 4. The van der Waals surface area contributed by atoms with Crippen molar-refractivity contribution in [2.75, 3.05) is 26.2 Å². The molecule has 0 saturated carbocycles. The number of hydrogen-bond acceptors (Lipinski definition) is 2. The van der Waals surface area contributed by atoms with Crippen LogP contribution in [0.15, 0.2) is 0 Å². The predicted molar refractivity (Wildman–Crippen MR) is 65.3 cm³/mol. The molecule has 0 aromatic heterocycles. The zero-order chi connectivity index (χ0) is 14.0. The van der Waals surface area contributed by atoms with Gasteiger partial charge >= 0.3 is 28.7 Å². The average molecular weight is 297 g/mol. The second kappa shape index (κ2) is 36.2. The Morgan fingerprint density at radius 1 is 0.765 bits per heavy atom. The molecule has 17 heavy (non-hydrogen) atoms. The number of carbonyl (C=O) groups is 2. The van der Waals surface area contributed by atoms with Gasteiger partial charge in [-0.3, -0.25) is 0 Å². The Morgan fingerprint density at radius 2 is 0.824 bits per heavy atom. The van der Waals surface area contributed by atoms with Crippen LogP contribution < -0.4 is 0 Å². The van der Waals surface area contributed by atoms with Crippen molar-refractivity contribution in [3.05, 3.63) is 22.9 Å². The Balaban J connectivity index is -0.0000000369. The number of rotatable bonds is 2. The third kappa shape index (κ3) is 1630. The molecule has 0 aliphatic heterocycles. The van der Waals surface area contributed by atoms with Gasteiger partial charge in [-0.25, -0.2) is 0 Å². The number of carbonyl (C=O) groups excluding carboxylic acids is 2. The molecule has 0 radical (unpaired) electrons. The Bertz CT molecular complexity index is 121. The van der Waals surface area contributed by atoms with E-state index in [4.69, 9.17) is 42.7 Å². The van der Waals surface area contributed by atoms with Crippen molar-refractivity contribution in [1.29, 1.82) is 0 Å². The molecule has 106 valence electrons. The van der Waals surface area contributed by atoms with Crippen molar-refractivity contribution < 1.29 is 36.6 Å². The topological polar surface area (TPSA) is 175 Å². The van der Waals surface area contributed by atoms with Gasteiger partial charge in [0.25, 0.3) is 0 Å². The molecule has 8 nitrogen and oxygen atoms in total. The molecule has 0 unspecified atom stereocenters. The van der Waals surface area contributed by atoms with Gasteiger partial charge in [-0.05, 0) is 0 Å². The Morgan fingerprint density at radius 3 is 0.824 bits per heavy atom. The Hall–Kier alpha value is -0.714. The Labute approximate surface area is 112 Å². The molecular formula is C8H22CoN4O4+. The zero-order valence-electron chi connectivity index (χ0n) is 9.98. The van der Waals surface area contributed by atoms with Gasteiger partial charge in [-0.2, -0.15) is 26.2 Å². The van der Waals surface area contributed by atoms with E-state index in [0.717, 1.165) is 0 Å². The third-order valence-electron chi connectivity index (χ3n) is 0.250. The van der Waals surface area contributed by atoms with Crippen LogP contribution in [0, 0.1) is 0 Å². The van der Waals surface area contributed by atoms with Crippen LogP contribution in [0.5, 0.6) is 0 Å². The minimum Gasteiger partial charge on any atom is -0.679 e. The summed E-state index contributed by atoms with van der Waals surface area (Å²) in [5.41, 5.74) is 25.1. The fourth-order valence-corrected chi connectivity index (χ4v) is 0. The summed E-state index contributed by atoms with van der Waals surface area (Å²) in [6, 6.07) is 0. The van der Waals surface area contributed by atoms with E-state index < -0.39 is 11.9 Å². The predicted octanol–water partition coefficient (Wildman–Crippen LogP) is 0.694. The second-order valence-corrected chi connectivity index (χ2v) is 2.11. The van der Waals surface area contributed by atoms with Gasteiger partial charge in [0, 0.05) is 9.59 Å². The molecule has 0 rings (SSSR count). The summed E-state index contributed by atoms with van der Waals surface area (Å²) >= 11 is 0. The van der Waals surface area contributed by atoms with E-state index in [0.29, 0.717) is 0 Å². The fourth-order valence-electron chi connectivity index (χ4n) is 0. The summed E-state index contributed by atoms with van der Waals surface area (Å²) in [5.74, 6) is -1.17. The summed E-state index contributed by atoms with van der Waals surface area (Å²) in [6.07, 6.45) is 0. The maximum atomic E-state index is 9.11. The van der Waals surface area contributed by atoms with Crippen LogP contribution in [0.3, 0.4) is 0 Å². The van der Waals surface area contributed by atoms with E-state index in [1.165, 1.54) is 13.8 Å². The largest absolute Gasteiger partial charge is 3.00 e. The maximum absolute atomic E-state index is 9.11. The SMILES string of the molecule is CC(=O)[OH2+].CC(=O)[OH2+].[Co+3].[NH-]CC[NH-].[NH-]CC[NH-]. The first-order chi connectivity index (χ1) is 7.29. The Kier molecular flexibility index (Phi) is 63.6. The first kappa shape index (κ1) is 29.9. The molecule has 0 aromatic carbocycles. The van der Waals surface area contributed by atoms with Crippen LogP contribution >= 0.6 is 0 Å². The van der Waals surface area contributed by atoms with Crippen molar-refractivity contribution in [2.24, 2.45) is 0 Å². The summed E-state index contributed by atoms with van der Waals surface area (Å²) in [7, 11) is 0. The summed E-state index contributed by atoms with van der Waals surface area (Å²) in [6.45, 7) is 3.33. The van der Waals surface area contributed by atoms with Crippen molar-refractivity contribution in [1.82, 2.24) is 0 Å². The van der Waals surface area contributed by atoms with Crippen LogP contribution in [0.25, 0.3) is 22.9 Å². The molecule has 0 bridgehead atoms. The van der Waals surface area contributed by atoms with Gasteiger partial charge in [0.1, 0.15) is 0 Å². The van der Waals surface area contributed by atoms with Crippen molar-refractivity contribution in [3.8, 4) is 0 Å². The molecule has 0 spiro atoms. The monoisotopic (exact) mass is 297 g/mol. The summed E-state index contributed by atoms with van der Waals surface area (Å²) < 4.78 is 0. The van der Waals surface area contributed by atoms with Crippen LogP contribution in [0.2, 0.25) is 0 Å². The van der Waals surface area contributed by atoms with Crippen LogP contribution in [-0.4, -0.2) is 48.3 Å². The molecular weight excluding hydrogens is 275 g/mol. The van der Waals surface area contributed by atoms with Gasteiger partial charge < -0.3 is 33.1 Å². The van der Waals surface area contributed by atoms with Gasteiger partial charge in [0.2, 0.25) is 0 Å². The van der Waals surface area contributed by atoms with E-state index in [-0.39, 0.29) is 43.0 Å². The smallest absolute Gasteiger partial charge is 0.679 e. The molecule has 0 aromatic rings. The van der Waals surface area contributed by atoms with E-state index in [1.807, 2.05) is 0 Å². The van der Waals surface area contributed by atoms with Crippen molar-refractivity contribution in [2.45, 2.75) is 13.8 Å². The molecule has 0 aliphatic rings. The van der Waals surface area contributed by atoms with Gasteiger partial charge in [-0.15, -0.1) is 0 Å². The molecule has 0 saturated heterocycles. The van der Waals surface area contributed by atoms with Crippen molar-refractivity contribution >= 4 is 11.9 Å². The first-order valence-electron chi connectivity index (χ1n) is 4.32. The standard InChI is InChI=1S/2C2H6N2.2C2H4O2.Co/c2*3-1-2-4;2*1-2(3)4;/h2*3-4H,1-2H2;2*1H3,(H,3,4);/q2*-2;;;+3/p+2. The maximum Gasteiger partial charge on any atom is 3.00 e. The molecule has 0 aliphatic carbocycles. The second-order valence-electron chi connectivity index (χ2n) is 2.11. The van der Waals surface area contributed by atoms with Crippen LogP contribution in [0.1, 0.15) is 13.8 Å². The van der Waals surface area contributed by atoms with E-state index in [9.17, 15) is 0 Å². The van der Waals surface area contributed by atoms with Crippen LogP contribution in [-0.2, 0) is 26.4 Å². The van der Waals surface area contributed by atoms with E-state index >= 15 is 0 Å². The summed E-state index contributed by atoms with van der Waals surface area (Å²) in [4.78, 5) is 18.2. The number of hydrogen-bond donors (Lipinski definition) is 0.